The molecule has 0 radical (unpaired) electrons. The molecular formula is C45H39F2N4Pt-3. The van der Waals surface area contributed by atoms with Gasteiger partial charge in [-0.1, -0.05) is 101 Å². The molecule has 0 fully saturated rings. The molecule has 266 valence electrons. The van der Waals surface area contributed by atoms with Crippen LogP contribution in [0.5, 0.6) is 0 Å². The van der Waals surface area contributed by atoms with Gasteiger partial charge in [0.1, 0.15) is 5.82 Å². The maximum absolute atomic E-state index is 16.7. The van der Waals surface area contributed by atoms with Gasteiger partial charge in [-0.15, -0.1) is 23.8 Å². The average molecular weight is 869 g/mol. The number of hydrogen-bond acceptors (Lipinski definition) is 3. The fourth-order valence-electron chi connectivity index (χ4n) is 6.88. The van der Waals surface area contributed by atoms with Crippen molar-refractivity contribution >= 4 is 44.6 Å². The van der Waals surface area contributed by atoms with E-state index in [4.69, 9.17) is 4.98 Å². The summed E-state index contributed by atoms with van der Waals surface area (Å²) in [6, 6.07) is 42.9. The number of alkyl halides is 2. The third-order valence-corrected chi connectivity index (χ3v) is 9.78. The zero-order valence-electron chi connectivity index (χ0n) is 30.0. The molecule has 3 heterocycles. The van der Waals surface area contributed by atoms with Crippen molar-refractivity contribution in [2.24, 2.45) is 0 Å². The van der Waals surface area contributed by atoms with Gasteiger partial charge in [0.25, 0.3) is 5.92 Å². The Morgan fingerprint density at radius 3 is 1.98 bits per heavy atom. The molecule has 0 aliphatic carbocycles. The standard InChI is InChI=1S/C45H39F2N4.Pt/c1-43(2,3)30-18-21-34(22-19-30)49-29-50(40-17-10-9-16-39(40)49)35-13-11-12-32(26-35)45(46,47)33-20-23-37-36-14-7-8-15-38(36)51(41(37)27-33)42-28-31(24-25-48-42)44(4,5)6;/h7-25,28-29H,1-6H3;/q-3;. The Bertz CT molecular complexity index is 2420. The zero-order chi connectivity index (χ0) is 35.7. The predicted molar refractivity (Wildman–Crippen MR) is 205 cm³/mol. The van der Waals surface area contributed by atoms with Gasteiger partial charge in [0.2, 0.25) is 0 Å². The van der Waals surface area contributed by atoms with Crippen molar-refractivity contribution in [1.82, 2.24) is 9.55 Å². The van der Waals surface area contributed by atoms with Crippen LogP contribution in [0.3, 0.4) is 0 Å². The van der Waals surface area contributed by atoms with Crippen LogP contribution in [0, 0.1) is 18.8 Å². The SMILES string of the molecule is CC(C)(C)c1ccc(N2[CH-]N(c3[c-]c(C(F)(F)c4[c-]c5c(cc4)c4ccccc4n5-c4cc(C(C)(C)C)ccn4)ccc3)c3ccccc32)cc1.[Pt]. The van der Waals surface area contributed by atoms with Crippen LogP contribution in [0.1, 0.15) is 63.8 Å². The van der Waals surface area contributed by atoms with Gasteiger partial charge in [-0.05, 0) is 69.8 Å². The van der Waals surface area contributed by atoms with Crippen molar-refractivity contribution in [3.63, 3.8) is 0 Å². The molecule has 52 heavy (non-hydrogen) atoms. The summed E-state index contributed by atoms with van der Waals surface area (Å²) >= 11 is 0. The van der Waals surface area contributed by atoms with Crippen LogP contribution in [0.25, 0.3) is 27.6 Å². The third kappa shape index (κ3) is 6.11. The Balaban J connectivity index is 0.00000420. The Hall–Kier alpha value is -4.80. The number of hydrogen-bond donors (Lipinski definition) is 0. The van der Waals surface area contributed by atoms with Crippen molar-refractivity contribution < 1.29 is 29.8 Å². The number of fused-ring (bicyclic) bond motifs is 4. The molecule has 0 saturated carbocycles. The van der Waals surface area contributed by atoms with E-state index in [1.165, 1.54) is 17.7 Å². The number of para-hydroxylation sites is 3. The van der Waals surface area contributed by atoms with Crippen LogP contribution >= 0.6 is 0 Å². The van der Waals surface area contributed by atoms with E-state index in [9.17, 15) is 0 Å². The summed E-state index contributed by atoms with van der Waals surface area (Å²) in [7, 11) is 0. The Morgan fingerprint density at radius 1 is 0.615 bits per heavy atom. The van der Waals surface area contributed by atoms with E-state index in [2.05, 4.69) is 82.8 Å². The number of pyridine rings is 1. The third-order valence-electron chi connectivity index (χ3n) is 9.78. The second-order valence-corrected chi connectivity index (χ2v) is 15.3. The fraction of sp³-hybridized carbons (Fsp3) is 0.200. The van der Waals surface area contributed by atoms with Gasteiger partial charge >= 0.3 is 0 Å². The molecule has 0 N–H and O–H groups in total. The van der Waals surface area contributed by atoms with E-state index >= 15 is 8.78 Å². The van der Waals surface area contributed by atoms with Gasteiger partial charge in [0.15, 0.2) is 0 Å². The maximum atomic E-state index is 16.7. The first kappa shape index (κ1) is 35.6. The number of benzene rings is 5. The molecule has 0 unspecified atom stereocenters. The number of aromatic nitrogens is 2. The van der Waals surface area contributed by atoms with Crippen LogP contribution in [0.15, 0.2) is 121 Å². The molecule has 0 spiro atoms. The molecule has 7 aromatic rings. The van der Waals surface area contributed by atoms with E-state index in [1.54, 1.807) is 18.3 Å². The summed E-state index contributed by atoms with van der Waals surface area (Å²) < 4.78 is 35.4. The smallest absolute Gasteiger partial charge is 0.254 e. The summed E-state index contributed by atoms with van der Waals surface area (Å²) in [5, 5.41) is 1.79. The Labute approximate surface area is 319 Å². The minimum absolute atomic E-state index is 0. The molecular weight excluding hydrogens is 830 g/mol. The average Bonchev–Trinajstić information content (AvgIpc) is 3.67. The monoisotopic (exact) mass is 868 g/mol. The molecule has 2 aromatic heterocycles. The molecule has 0 atom stereocenters. The first-order valence-electron chi connectivity index (χ1n) is 17.3. The van der Waals surface area contributed by atoms with E-state index in [0.29, 0.717) is 17.0 Å². The van der Waals surface area contributed by atoms with Gasteiger partial charge in [0, 0.05) is 49.8 Å². The van der Waals surface area contributed by atoms with Crippen molar-refractivity contribution in [3.05, 3.63) is 163 Å². The van der Waals surface area contributed by atoms with E-state index in [-0.39, 0.29) is 43.0 Å². The second-order valence-electron chi connectivity index (χ2n) is 15.3. The van der Waals surface area contributed by atoms with E-state index in [0.717, 1.165) is 38.9 Å². The molecule has 7 heteroatoms. The molecule has 4 nitrogen and oxygen atoms in total. The minimum atomic E-state index is -3.38. The number of halogens is 2. The minimum Gasteiger partial charge on any atom is -0.493 e. The van der Waals surface area contributed by atoms with Gasteiger partial charge in [-0.3, -0.25) is 0 Å². The van der Waals surface area contributed by atoms with Gasteiger partial charge in [-0.25, -0.2) is 13.8 Å². The quantitative estimate of drug-likeness (QED) is 0.161. The maximum Gasteiger partial charge on any atom is 0.254 e. The van der Waals surface area contributed by atoms with Crippen molar-refractivity contribution in [2.75, 3.05) is 9.80 Å². The van der Waals surface area contributed by atoms with Crippen molar-refractivity contribution in [3.8, 4) is 5.82 Å². The van der Waals surface area contributed by atoms with Gasteiger partial charge in [-0.2, -0.15) is 36.4 Å². The van der Waals surface area contributed by atoms with Crippen LogP contribution < -0.4 is 9.80 Å². The summed E-state index contributed by atoms with van der Waals surface area (Å²) in [6.07, 6.45) is 1.78. The van der Waals surface area contributed by atoms with Crippen LogP contribution in [0.4, 0.5) is 31.5 Å². The number of anilines is 4. The summed E-state index contributed by atoms with van der Waals surface area (Å²) in [4.78, 5) is 8.71. The zero-order valence-corrected chi connectivity index (χ0v) is 32.3. The van der Waals surface area contributed by atoms with Crippen LogP contribution in [0.2, 0.25) is 0 Å². The summed E-state index contributed by atoms with van der Waals surface area (Å²) in [5.41, 5.74) is 6.60. The first-order valence-corrected chi connectivity index (χ1v) is 17.3. The summed E-state index contributed by atoms with van der Waals surface area (Å²) in [5.74, 6) is -2.71. The van der Waals surface area contributed by atoms with E-state index < -0.39 is 5.92 Å². The van der Waals surface area contributed by atoms with Gasteiger partial charge < -0.3 is 14.4 Å². The summed E-state index contributed by atoms with van der Waals surface area (Å²) in [6.45, 7) is 15.0. The van der Waals surface area contributed by atoms with Crippen molar-refractivity contribution in [2.45, 2.75) is 58.3 Å². The molecule has 5 aromatic carbocycles. The normalized spacial score (nSPS) is 13.5. The molecule has 0 amide bonds. The number of rotatable bonds is 5. The first-order chi connectivity index (χ1) is 24.3. The number of nitrogens with zero attached hydrogens (tertiary/aromatic N) is 4. The second kappa shape index (κ2) is 13.0. The molecule has 8 rings (SSSR count). The predicted octanol–water partition coefficient (Wildman–Crippen LogP) is 11.9. The van der Waals surface area contributed by atoms with E-state index in [1.807, 2.05) is 82.9 Å². The topological polar surface area (TPSA) is 24.3 Å². The molecule has 0 bridgehead atoms. The largest absolute Gasteiger partial charge is 0.493 e. The van der Waals surface area contributed by atoms with Gasteiger partial charge in [0.05, 0.1) is 0 Å². The Morgan fingerprint density at radius 2 is 1.27 bits per heavy atom. The molecule has 1 aliphatic heterocycles. The van der Waals surface area contributed by atoms with Crippen molar-refractivity contribution in [1.29, 1.82) is 0 Å². The molecule has 0 saturated heterocycles. The Kier molecular flexibility index (Phi) is 8.90. The van der Waals surface area contributed by atoms with Crippen LogP contribution in [-0.4, -0.2) is 9.55 Å². The molecule has 1 aliphatic rings. The fourth-order valence-corrected chi connectivity index (χ4v) is 6.88. The van der Waals surface area contributed by atoms with Crippen LogP contribution in [-0.2, 0) is 37.8 Å².